The number of halogens is 1. The fourth-order valence-corrected chi connectivity index (χ4v) is 3.10. The van der Waals surface area contributed by atoms with Crippen LogP contribution in [0, 0.1) is 13.8 Å². The molecule has 0 saturated heterocycles. The highest BCUT2D eigenvalue weighted by Gasteiger charge is 2.27. The number of aryl methyl sites for hydroxylation is 2. The fraction of sp³-hybridized carbons (Fsp3) is 0.455. The lowest BCUT2D eigenvalue weighted by atomic mass is 9.96. The van der Waals surface area contributed by atoms with Gasteiger partial charge in [0, 0.05) is 24.2 Å². The minimum absolute atomic E-state index is 0. The number of guanidine groups is 1. The SMILES string of the molecule is CCNC(=O)c1cccc(CN=C(NCC)NCC(C)(O)c2cc(C)oc2C)c1.I. The molecule has 0 aliphatic heterocycles. The molecular weight excluding hydrogens is 495 g/mol. The van der Waals surface area contributed by atoms with Crippen LogP contribution in [-0.2, 0) is 12.1 Å². The van der Waals surface area contributed by atoms with Crippen LogP contribution in [0.15, 0.2) is 39.7 Å². The maximum absolute atomic E-state index is 12.0. The Balaban J connectivity index is 0.00000450. The first-order chi connectivity index (χ1) is 13.8. The van der Waals surface area contributed by atoms with Gasteiger partial charge < -0.3 is 25.5 Å². The summed E-state index contributed by atoms with van der Waals surface area (Å²) in [6, 6.07) is 9.27. The number of rotatable bonds is 8. The van der Waals surface area contributed by atoms with Gasteiger partial charge in [-0.25, -0.2) is 4.99 Å². The van der Waals surface area contributed by atoms with Gasteiger partial charge in [0.05, 0.1) is 13.1 Å². The van der Waals surface area contributed by atoms with Gasteiger partial charge in [-0.1, -0.05) is 12.1 Å². The van der Waals surface area contributed by atoms with Crippen molar-refractivity contribution in [3.05, 3.63) is 58.5 Å². The summed E-state index contributed by atoms with van der Waals surface area (Å²) < 4.78 is 5.54. The van der Waals surface area contributed by atoms with E-state index in [1.165, 1.54) is 0 Å². The molecule has 1 unspecified atom stereocenters. The van der Waals surface area contributed by atoms with Crippen LogP contribution in [-0.4, -0.2) is 36.6 Å². The van der Waals surface area contributed by atoms with Gasteiger partial charge in [0.15, 0.2) is 5.96 Å². The van der Waals surface area contributed by atoms with E-state index in [0.29, 0.717) is 36.9 Å². The lowest BCUT2D eigenvalue weighted by Gasteiger charge is -2.24. The number of hydrogen-bond acceptors (Lipinski definition) is 4. The maximum atomic E-state index is 12.0. The van der Waals surface area contributed by atoms with E-state index < -0.39 is 5.60 Å². The molecule has 2 aromatic rings. The Bertz CT molecular complexity index is 862. The quantitative estimate of drug-likeness (QED) is 0.240. The van der Waals surface area contributed by atoms with Gasteiger partial charge in [-0.2, -0.15) is 0 Å². The highest BCUT2D eigenvalue weighted by molar-refractivity contribution is 14.0. The minimum atomic E-state index is -1.10. The summed E-state index contributed by atoms with van der Waals surface area (Å²) >= 11 is 0. The third kappa shape index (κ3) is 7.32. The Morgan fingerprint density at radius 1 is 1.13 bits per heavy atom. The normalized spacial score (nSPS) is 13.2. The van der Waals surface area contributed by atoms with Crippen LogP contribution in [0.25, 0.3) is 0 Å². The van der Waals surface area contributed by atoms with Crippen LogP contribution in [0.1, 0.15) is 53.8 Å². The number of nitrogens with one attached hydrogen (secondary N) is 3. The number of carbonyl (C=O) groups excluding carboxylic acids is 1. The minimum Gasteiger partial charge on any atom is -0.466 e. The molecule has 0 bridgehead atoms. The summed E-state index contributed by atoms with van der Waals surface area (Å²) in [5.41, 5.74) is 1.20. The maximum Gasteiger partial charge on any atom is 0.251 e. The van der Waals surface area contributed by atoms with Crippen LogP contribution in [0.5, 0.6) is 0 Å². The van der Waals surface area contributed by atoms with Gasteiger partial charge in [-0.05, 0) is 58.4 Å². The second-order valence-corrected chi connectivity index (χ2v) is 7.21. The number of nitrogens with zero attached hydrogens (tertiary/aromatic N) is 1. The van der Waals surface area contributed by atoms with Crippen LogP contribution < -0.4 is 16.0 Å². The average molecular weight is 528 g/mol. The second kappa shape index (κ2) is 11.9. The molecule has 166 valence electrons. The molecule has 0 aliphatic rings. The molecule has 30 heavy (non-hydrogen) atoms. The highest BCUT2D eigenvalue weighted by atomic mass is 127. The zero-order valence-electron chi connectivity index (χ0n) is 18.3. The molecule has 1 aromatic carbocycles. The number of carbonyl (C=O) groups is 1. The van der Waals surface area contributed by atoms with Gasteiger partial charge in [-0.15, -0.1) is 24.0 Å². The van der Waals surface area contributed by atoms with Crippen LogP contribution in [0.2, 0.25) is 0 Å². The largest absolute Gasteiger partial charge is 0.466 e. The number of benzene rings is 1. The van der Waals surface area contributed by atoms with Crippen LogP contribution in [0.3, 0.4) is 0 Å². The van der Waals surface area contributed by atoms with E-state index in [1.807, 2.05) is 52.0 Å². The zero-order valence-corrected chi connectivity index (χ0v) is 20.7. The van der Waals surface area contributed by atoms with E-state index in [-0.39, 0.29) is 36.4 Å². The lowest BCUT2D eigenvalue weighted by molar-refractivity contribution is 0.0601. The molecule has 8 heteroatoms. The third-order valence-corrected chi connectivity index (χ3v) is 4.51. The molecule has 1 atom stereocenters. The van der Waals surface area contributed by atoms with Gasteiger partial charge in [-0.3, -0.25) is 4.79 Å². The van der Waals surface area contributed by atoms with Crippen molar-refractivity contribution < 1.29 is 14.3 Å². The Hall–Kier alpha value is -2.07. The van der Waals surface area contributed by atoms with Gasteiger partial charge >= 0.3 is 0 Å². The predicted molar refractivity (Wildman–Crippen MR) is 130 cm³/mol. The van der Waals surface area contributed by atoms with Gasteiger partial charge in [0.2, 0.25) is 0 Å². The summed E-state index contributed by atoms with van der Waals surface area (Å²) in [6.07, 6.45) is 0. The van der Waals surface area contributed by atoms with Crippen LogP contribution >= 0.6 is 24.0 Å². The van der Waals surface area contributed by atoms with Gasteiger partial charge in [0.1, 0.15) is 17.1 Å². The lowest BCUT2D eigenvalue weighted by Crippen LogP contribution is -2.44. The molecule has 0 fully saturated rings. The van der Waals surface area contributed by atoms with Crippen molar-refractivity contribution in [1.29, 1.82) is 0 Å². The molecular formula is C22H33IN4O3. The number of hydrogen-bond donors (Lipinski definition) is 4. The van der Waals surface area contributed by atoms with E-state index in [4.69, 9.17) is 4.42 Å². The van der Waals surface area contributed by atoms with Crippen molar-refractivity contribution in [2.75, 3.05) is 19.6 Å². The van der Waals surface area contributed by atoms with Crippen molar-refractivity contribution in [3.8, 4) is 0 Å². The Morgan fingerprint density at radius 2 is 1.83 bits per heavy atom. The van der Waals surface area contributed by atoms with Gasteiger partial charge in [0.25, 0.3) is 5.91 Å². The number of amides is 1. The van der Waals surface area contributed by atoms with Crippen molar-refractivity contribution in [1.82, 2.24) is 16.0 Å². The molecule has 0 saturated carbocycles. The molecule has 0 radical (unpaired) electrons. The van der Waals surface area contributed by atoms with Crippen molar-refractivity contribution in [3.63, 3.8) is 0 Å². The number of aliphatic hydroxyl groups is 1. The fourth-order valence-electron chi connectivity index (χ4n) is 3.10. The van der Waals surface area contributed by atoms with Crippen molar-refractivity contribution >= 4 is 35.8 Å². The first-order valence-electron chi connectivity index (χ1n) is 9.96. The average Bonchev–Trinajstić information content (AvgIpc) is 3.03. The molecule has 1 amide bonds. The molecule has 0 aliphatic carbocycles. The van der Waals surface area contributed by atoms with Crippen molar-refractivity contribution in [2.45, 2.75) is 46.8 Å². The Labute approximate surface area is 195 Å². The molecule has 4 N–H and O–H groups in total. The standard InChI is InChI=1S/C22H32N4O3.HI/c1-6-23-20(27)18-10-8-9-17(12-18)13-25-21(24-7-2)26-14-22(5,28)19-11-15(3)29-16(19)4;/h8-12,28H,6-7,13-14H2,1-5H3,(H,23,27)(H2,24,25,26);1H. The summed E-state index contributed by atoms with van der Waals surface area (Å²) in [4.78, 5) is 16.6. The predicted octanol–water partition coefficient (Wildman–Crippen LogP) is 3.23. The third-order valence-electron chi connectivity index (χ3n) is 4.51. The van der Waals surface area contributed by atoms with E-state index in [9.17, 15) is 9.90 Å². The number of furan rings is 1. The Kier molecular flexibility index (Phi) is 10.3. The molecule has 1 aromatic heterocycles. The zero-order chi connectivity index (χ0) is 21.4. The highest BCUT2D eigenvalue weighted by Crippen LogP contribution is 2.26. The van der Waals surface area contributed by atoms with E-state index in [2.05, 4.69) is 20.9 Å². The van der Waals surface area contributed by atoms with Crippen LogP contribution in [0.4, 0.5) is 0 Å². The molecule has 7 nitrogen and oxygen atoms in total. The summed E-state index contributed by atoms with van der Waals surface area (Å²) in [5, 5.41) is 20.0. The summed E-state index contributed by atoms with van der Waals surface area (Å²) in [7, 11) is 0. The molecule has 2 rings (SSSR count). The first-order valence-corrected chi connectivity index (χ1v) is 9.96. The van der Waals surface area contributed by atoms with Crippen molar-refractivity contribution in [2.24, 2.45) is 4.99 Å². The number of aliphatic imine (C=N–C) groups is 1. The summed E-state index contributed by atoms with van der Waals surface area (Å²) in [5.74, 6) is 1.97. The monoisotopic (exact) mass is 528 g/mol. The molecule has 0 spiro atoms. The van der Waals surface area contributed by atoms with E-state index in [1.54, 1.807) is 13.0 Å². The van der Waals surface area contributed by atoms with E-state index in [0.717, 1.165) is 16.9 Å². The second-order valence-electron chi connectivity index (χ2n) is 7.21. The first kappa shape index (κ1) is 26.0. The molecule has 1 heterocycles. The Morgan fingerprint density at radius 3 is 2.43 bits per heavy atom. The van der Waals surface area contributed by atoms with E-state index >= 15 is 0 Å². The summed E-state index contributed by atoms with van der Waals surface area (Å²) in [6.45, 7) is 11.3. The topological polar surface area (TPSA) is 98.9 Å². The smallest absolute Gasteiger partial charge is 0.251 e.